The fraction of sp³-hybridized carbons (Fsp3) is 0. The molecule has 1 N–H and O–H groups in total. The molecule has 0 bridgehead atoms. The molecule has 0 amide bonds. The Balaban J connectivity index is 0. The molecule has 0 aromatic heterocycles. The van der Waals surface area contributed by atoms with E-state index in [1.807, 2.05) is 0 Å². The average molecular weight is 119 g/mol. The quantitative estimate of drug-likeness (QED) is 0.339. The third kappa shape index (κ3) is 131. The summed E-state index contributed by atoms with van der Waals surface area (Å²) in [5.41, 5.74) is 0. The Kier molecular flexibility index (Phi) is 8.07. The van der Waals surface area contributed by atoms with E-state index < -0.39 is 7.32 Å². The van der Waals surface area contributed by atoms with Gasteiger partial charge in [-0.15, -0.1) is 0 Å². The molecule has 0 aromatic rings. The zero-order valence-corrected chi connectivity index (χ0v) is 3.22. The van der Waals surface area contributed by atoms with E-state index in [1.54, 1.807) is 0 Å². The first-order chi connectivity index (χ1) is 1.73. The molecule has 0 spiro atoms. The molecule has 0 aliphatic carbocycles. The second-order valence-electron chi connectivity index (χ2n) is 0.307. The Hall–Kier alpha value is 0.451. The van der Waals surface area contributed by atoms with Crippen molar-refractivity contribution in [3.05, 3.63) is 0 Å². The maximum absolute atomic E-state index is 8.53. The largest absolute Gasteiger partial charge is 2.00 e. The van der Waals surface area contributed by atoms with Gasteiger partial charge in [-0.25, -0.2) is 0 Å². The van der Waals surface area contributed by atoms with Crippen molar-refractivity contribution in [2.45, 2.75) is 0 Å². The van der Waals surface area contributed by atoms with Gasteiger partial charge in [0.15, 0.2) is 0 Å². The van der Waals surface area contributed by atoms with Crippen LogP contribution in [0.1, 0.15) is 0 Å². The van der Waals surface area contributed by atoms with Crippen LogP contribution in [0.25, 0.3) is 0 Å². The Morgan fingerprint density at radius 2 is 1.40 bits per heavy atom. The van der Waals surface area contributed by atoms with Gasteiger partial charge in [-0.2, -0.15) is 0 Å². The molecule has 0 aliphatic rings. The minimum absolute atomic E-state index is 0. The van der Waals surface area contributed by atoms with Crippen molar-refractivity contribution in [3.8, 4) is 0 Å². The summed E-state index contributed by atoms with van der Waals surface area (Å²) in [5.74, 6) is 0. The van der Waals surface area contributed by atoms with E-state index in [4.69, 9.17) is 15.1 Å². The third-order valence-corrected chi connectivity index (χ3v) is 0. The van der Waals surface area contributed by atoms with Gasteiger partial charge in [0.2, 0.25) is 0 Å². The molecule has 0 saturated carbocycles. The standard InChI is InChI=1S/BHO3.Co/c2-1(3)4;/h2H;/q-2;+2. The average Bonchev–Trinajstić information content (AvgIpc) is 0.811. The predicted molar refractivity (Wildman–Crippen MR) is 7.97 cm³/mol. The third-order valence-electron chi connectivity index (χ3n) is 0. The number of rotatable bonds is 0. The van der Waals surface area contributed by atoms with Crippen molar-refractivity contribution >= 4 is 7.32 Å². The van der Waals surface area contributed by atoms with E-state index in [1.165, 1.54) is 0 Å². The molecule has 0 aromatic carbocycles. The maximum atomic E-state index is 8.53. The SMILES string of the molecule is [Co+2].[O-]B([O-])O. The summed E-state index contributed by atoms with van der Waals surface area (Å²) in [5, 5.41) is 24.0. The fourth-order valence-electron chi connectivity index (χ4n) is 0. The van der Waals surface area contributed by atoms with Crippen LogP contribution in [-0.4, -0.2) is 12.3 Å². The van der Waals surface area contributed by atoms with Crippen LogP contribution in [-0.2, 0) is 16.8 Å². The summed E-state index contributed by atoms with van der Waals surface area (Å²) >= 11 is 0. The molecular formula is HBCoO3. The van der Waals surface area contributed by atoms with E-state index in [9.17, 15) is 0 Å². The van der Waals surface area contributed by atoms with Gasteiger partial charge in [-0.1, -0.05) is 0 Å². The molecular weight excluding hydrogens is 118 g/mol. The molecule has 5 heteroatoms. The Morgan fingerprint density at radius 1 is 1.40 bits per heavy atom. The Labute approximate surface area is 40.0 Å². The molecule has 5 heavy (non-hydrogen) atoms. The molecule has 0 saturated heterocycles. The molecule has 0 atom stereocenters. The predicted octanol–water partition coefficient (Wildman–Crippen LogP) is -3.32. The molecule has 0 aliphatic heterocycles. The first-order valence-corrected chi connectivity index (χ1v) is 0.730. The second kappa shape index (κ2) is 4.45. The van der Waals surface area contributed by atoms with Crippen molar-refractivity contribution in [1.29, 1.82) is 0 Å². The molecule has 0 heterocycles. The van der Waals surface area contributed by atoms with Crippen molar-refractivity contribution in [2.24, 2.45) is 0 Å². The van der Waals surface area contributed by atoms with Gasteiger partial charge in [0.1, 0.15) is 0 Å². The van der Waals surface area contributed by atoms with E-state index in [0.29, 0.717) is 0 Å². The summed E-state index contributed by atoms with van der Waals surface area (Å²) in [6.07, 6.45) is 0. The Morgan fingerprint density at radius 3 is 1.40 bits per heavy atom. The summed E-state index contributed by atoms with van der Waals surface area (Å²) in [7, 11) is -2.67. The Bertz CT molecular complexity index is 11.6. The molecule has 0 unspecified atom stereocenters. The van der Waals surface area contributed by atoms with Crippen molar-refractivity contribution in [1.82, 2.24) is 0 Å². The van der Waals surface area contributed by atoms with Gasteiger partial charge in [-0.05, 0) is 0 Å². The van der Waals surface area contributed by atoms with Gasteiger partial charge < -0.3 is 15.1 Å². The maximum Gasteiger partial charge on any atom is 2.00 e. The van der Waals surface area contributed by atoms with Crippen LogP contribution in [0.3, 0.4) is 0 Å². The summed E-state index contributed by atoms with van der Waals surface area (Å²) in [4.78, 5) is 0. The molecule has 3 nitrogen and oxygen atoms in total. The van der Waals surface area contributed by atoms with Gasteiger partial charge in [0.05, 0.1) is 7.32 Å². The molecule has 0 rings (SSSR count). The van der Waals surface area contributed by atoms with Crippen LogP contribution in [0.15, 0.2) is 0 Å². The first kappa shape index (κ1) is 9.07. The zero-order chi connectivity index (χ0) is 3.58. The van der Waals surface area contributed by atoms with E-state index in [-0.39, 0.29) is 16.8 Å². The molecule has 31 valence electrons. The van der Waals surface area contributed by atoms with E-state index in [0.717, 1.165) is 0 Å². The van der Waals surface area contributed by atoms with Crippen LogP contribution in [0.2, 0.25) is 0 Å². The van der Waals surface area contributed by atoms with Crippen LogP contribution in [0.4, 0.5) is 0 Å². The summed E-state index contributed by atoms with van der Waals surface area (Å²) in [6.45, 7) is 0. The van der Waals surface area contributed by atoms with Gasteiger partial charge >= 0.3 is 16.8 Å². The smallest absolute Gasteiger partial charge is 0.871 e. The van der Waals surface area contributed by atoms with Gasteiger partial charge in [0, 0.05) is 0 Å². The second-order valence-corrected chi connectivity index (χ2v) is 0.307. The van der Waals surface area contributed by atoms with Crippen molar-refractivity contribution < 1.29 is 31.9 Å². The first-order valence-electron chi connectivity index (χ1n) is 0.730. The van der Waals surface area contributed by atoms with Gasteiger partial charge in [-0.3, -0.25) is 0 Å². The summed E-state index contributed by atoms with van der Waals surface area (Å²) < 4.78 is 0. The van der Waals surface area contributed by atoms with Crippen molar-refractivity contribution in [3.63, 3.8) is 0 Å². The molecule has 0 fully saturated rings. The minimum atomic E-state index is -2.67. The van der Waals surface area contributed by atoms with Crippen LogP contribution < -0.4 is 10.0 Å². The van der Waals surface area contributed by atoms with Gasteiger partial charge in [0.25, 0.3) is 0 Å². The number of hydrogen-bond donors (Lipinski definition) is 1. The van der Waals surface area contributed by atoms with E-state index in [2.05, 4.69) is 0 Å². The topological polar surface area (TPSA) is 66.3 Å². The summed E-state index contributed by atoms with van der Waals surface area (Å²) in [6, 6.07) is 0. The van der Waals surface area contributed by atoms with Crippen LogP contribution >= 0.6 is 0 Å². The van der Waals surface area contributed by atoms with Crippen LogP contribution in [0.5, 0.6) is 0 Å². The van der Waals surface area contributed by atoms with E-state index >= 15 is 0 Å². The zero-order valence-electron chi connectivity index (χ0n) is 2.17. The fourth-order valence-corrected chi connectivity index (χ4v) is 0. The normalized spacial score (nSPS) is 5.40. The van der Waals surface area contributed by atoms with Crippen LogP contribution in [0, 0.1) is 0 Å². The molecule has 1 radical (unpaired) electrons. The van der Waals surface area contributed by atoms with Crippen molar-refractivity contribution in [2.75, 3.05) is 0 Å². The monoisotopic (exact) mass is 119 g/mol. The number of hydrogen-bond acceptors (Lipinski definition) is 3. The minimum Gasteiger partial charge on any atom is -0.871 e.